The molecule has 0 saturated heterocycles. The summed E-state index contributed by atoms with van der Waals surface area (Å²) in [5.41, 5.74) is 8.60. The van der Waals surface area contributed by atoms with Crippen molar-refractivity contribution in [1.82, 2.24) is 19.6 Å². The van der Waals surface area contributed by atoms with Crippen molar-refractivity contribution in [2.24, 2.45) is 5.73 Å². The van der Waals surface area contributed by atoms with Crippen LogP contribution in [0.2, 0.25) is 0 Å². The summed E-state index contributed by atoms with van der Waals surface area (Å²) in [6.07, 6.45) is 6.67. The molecule has 3 rings (SSSR count). The number of primary amides is 1. The molecule has 0 atom stereocenters. The number of rotatable bonds is 4. The summed E-state index contributed by atoms with van der Waals surface area (Å²) < 4.78 is 1.63. The maximum absolute atomic E-state index is 11.6. The van der Waals surface area contributed by atoms with Crippen LogP contribution in [0, 0.1) is 0 Å². The molecule has 0 aliphatic rings. The maximum Gasteiger partial charge on any atom is 0.252 e. The van der Waals surface area contributed by atoms with E-state index >= 15 is 0 Å². The number of pyridine rings is 1. The maximum atomic E-state index is 11.6. The van der Waals surface area contributed by atoms with Crippen LogP contribution in [0.3, 0.4) is 0 Å². The van der Waals surface area contributed by atoms with Crippen LogP contribution in [-0.4, -0.2) is 31.5 Å². The predicted molar refractivity (Wildman–Crippen MR) is 83.5 cm³/mol. The topological polar surface area (TPSA) is 98.2 Å². The molecule has 3 aromatic heterocycles. The van der Waals surface area contributed by atoms with Gasteiger partial charge in [0.1, 0.15) is 0 Å². The number of carbonyl (C=O) groups is 1. The number of nitrogens with zero attached hydrogens (tertiary/aromatic N) is 4. The van der Waals surface area contributed by atoms with Crippen molar-refractivity contribution in [1.29, 1.82) is 0 Å². The summed E-state index contributed by atoms with van der Waals surface area (Å²) in [6.45, 7) is 3.96. The summed E-state index contributed by atoms with van der Waals surface area (Å²) in [7, 11) is 0. The molecule has 7 heteroatoms. The Balaban J connectivity index is 2.21. The lowest BCUT2D eigenvalue weighted by atomic mass is 10.2. The van der Waals surface area contributed by atoms with Crippen molar-refractivity contribution in [2.45, 2.75) is 19.9 Å². The van der Waals surface area contributed by atoms with Crippen LogP contribution in [0.15, 0.2) is 36.9 Å². The molecular formula is C15H16N6O. The Labute approximate surface area is 127 Å². The van der Waals surface area contributed by atoms with E-state index in [1.54, 1.807) is 23.1 Å². The minimum atomic E-state index is -0.536. The molecule has 7 nitrogen and oxygen atoms in total. The third-order valence-electron chi connectivity index (χ3n) is 3.17. The number of amides is 1. The highest BCUT2D eigenvalue weighted by Gasteiger charge is 2.17. The van der Waals surface area contributed by atoms with Crippen LogP contribution >= 0.6 is 0 Å². The summed E-state index contributed by atoms with van der Waals surface area (Å²) in [5, 5.41) is 7.44. The second-order valence-corrected chi connectivity index (χ2v) is 5.23. The highest BCUT2D eigenvalue weighted by atomic mass is 16.1. The van der Waals surface area contributed by atoms with E-state index in [4.69, 9.17) is 5.73 Å². The molecule has 3 heterocycles. The fourth-order valence-electron chi connectivity index (χ4n) is 2.21. The van der Waals surface area contributed by atoms with Crippen LogP contribution in [-0.2, 0) is 0 Å². The molecule has 0 fully saturated rings. The number of hydrogen-bond acceptors (Lipinski definition) is 5. The lowest BCUT2D eigenvalue weighted by Gasteiger charge is -2.13. The van der Waals surface area contributed by atoms with E-state index < -0.39 is 5.91 Å². The molecule has 1 amide bonds. The number of hydrogen-bond donors (Lipinski definition) is 2. The van der Waals surface area contributed by atoms with Crippen molar-refractivity contribution < 1.29 is 4.79 Å². The first-order chi connectivity index (χ1) is 10.6. The van der Waals surface area contributed by atoms with Gasteiger partial charge in [0.25, 0.3) is 5.91 Å². The highest BCUT2D eigenvalue weighted by molar-refractivity contribution is 6.01. The van der Waals surface area contributed by atoms with Crippen LogP contribution in [0.5, 0.6) is 0 Å². The first-order valence-electron chi connectivity index (χ1n) is 6.91. The first-order valence-corrected chi connectivity index (χ1v) is 6.91. The zero-order valence-electron chi connectivity index (χ0n) is 12.3. The van der Waals surface area contributed by atoms with E-state index in [1.165, 1.54) is 6.20 Å². The molecule has 112 valence electrons. The third kappa shape index (κ3) is 2.48. The lowest BCUT2D eigenvalue weighted by molar-refractivity contribution is 0.100. The van der Waals surface area contributed by atoms with E-state index in [9.17, 15) is 4.79 Å². The van der Waals surface area contributed by atoms with Gasteiger partial charge in [0, 0.05) is 24.0 Å². The Morgan fingerprint density at radius 1 is 1.32 bits per heavy atom. The monoisotopic (exact) mass is 296 g/mol. The Morgan fingerprint density at radius 3 is 2.68 bits per heavy atom. The Kier molecular flexibility index (Phi) is 3.46. The predicted octanol–water partition coefficient (Wildman–Crippen LogP) is 1.71. The fourth-order valence-corrected chi connectivity index (χ4v) is 2.21. The van der Waals surface area contributed by atoms with Gasteiger partial charge >= 0.3 is 0 Å². The van der Waals surface area contributed by atoms with Gasteiger partial charge in [0.2, 0.25) is 0 Å². The van der Waals surface area contributed by atoms with Crippen molar-refractivity contribution in [3.8, 4) is 11.3 Å². The van der Waals surface area contributed by atoms with Crippen molar-refractivity contribution >= 4 is 17.2 Å². The van der Waals surface area contributed by atoms with Gasteiger partial charge in [-0.3, -0.25) is 9.78 Å². The Bertz CT molecular complexity index is 825. The first kappa shape index (κ1) is 14.0. The molecule has 0 radical (unpaired) electrons. The number of fused-ring (bicyclic) bond motifs is 1. The number of aromatic nitrogens is 4. The van der Waals surface area contributed by atoms with Crippen molar-refractivity contribution in [2.75, 3.05) is 5.32 Å². The Morgan fingerprint density at radius 2 is 2.05 bits per heavy atom. The van der Waals surface area contributed by atoms with Gasteiger partial charge < -0.3 is 11.1 Å². The zero-order valence-corrected chi connectivity index (χ0v) is 12.3. The summed E-state index contributed by atoms with van der Waals surface area (Å²) >= 11 is 0. The largest absolute Gasteiger partial charge is 0.379 e. The van der Waals surface area contributed by atoms with Gasteiger partial charge in [-0.15, -0.1) is 0 Å². The molecule has 3 aromatic rings. The van der Waals surface area contributed by atoms with Gasteiger partial charge in [-0.25, -0.2) is 9.50 Å². The average molecular weight is 296 g/mol. The summed E-state index contributed by atoms with van der Waals surface area (Å²) in [4.78, 5) is 20.2. The quantitative estimate of drug-likeness (QED) is 0.763. The van der Waals surface area contributed by atoms with Crippen LogP contribution < -0.4 is 11.1 Å². The Hall–Kier alpha value is -2.96. The van der Waals surface area contributed by atoms with Crippen LogP contribution in [0.1, 0.15) is 24.2 Å². The molecule has 0 aliphatic heterocycles. The van der Waals surface area contributed by atoms with Gasteiger partial charge in [0.05, 0.1) is 29.3 Å². The molecular weight excluding hydrogens is 280 g/mol. The zero-order chi connectivity index (χ0) is 15.7. The van der Waals surface area contributed by atoms with Gasteiger partial charge in [-0.2, -0.15) is 5.10 Å². The standard InChI is InChI=1S/C15H16N6O/c1-9(2)19-13-11(14(16)22)7-18-21-8-12(20-15(13)21)10-3-5-17-6-4-10/h3-9,19H,1-2H3,(H2,16,22). The summed E-state index contributed by atoms with van der Waals surface area (Å²) in [5.74, 6) is -0.536. The lowest BCUT2D eigenvalue weighted by Crippen LogP contribution is -2.19. The van der Waals surface area contributed by atoms with E-state index in [-0.39, 0.29) is 6.04 Å². The molecule has 0 bridgehead atoms. The van der Waals surface area contributed by atoms with E-state index in [0.717, 1.165) is 11.3 Å². The third-order valence-corrected chi connectivity index (χ3v) is 3.17. The highest BCUT2D eigenvalue weighted by Crippen LogP contribution is 2.25. The number of imidazole rings is 1. The molecule has 0 saturated carbocycles. The molecule has 0 aromatic carbocycles. The minimum absolute atomic E-state index is 0.130. The smallest absolute Gasteiger partial charge is 0.252 e. The summed E-state index contributed by atoms with van der Waals surface area (Å²) in [6, 6.07) is 3.86. The van der Waals surface area contributed by atoms with E-state index in [0.29, 0.717) is 16.9 Å². The average Bonchev–Trinajstić information content (AvgIpc) is 2.92. The van der Waals surface area contributed by atoms with Crippen LogP contribution in [0.4, 0.5) is 5.69 Å². The normalized spacial score (nSPS) is 11.0. The second-order valence-electron chi connectivity index (χ2n) is 5.23. The number of nitrogens with one attached hydrogen (secondary N) is 1. The van der Waals surface area contributed by atoms with Gasteiger partial charge in [-0.1, -0.05) is 0 Å². The van der Waals surface area contributed by atoms with Crippen molar-refractivity contribution in [3.05, 3.63) is 42.5 Å². The number of nitrogens with two attached hydrogens (primary N) is 1. The molecule has 3 N–H and O–H groups in total. The van der Waals surface area contributed by atoms with Gasteiger partial charge in [0.15, 0.2) is 5.65 Å². The van der Waals surface area contributed by atoms with E-state index in [1.807, 2.05) is 26.0 Å². The van der Waals surface area contributed by atoms with Gasteiger partial charge in [-0.05, 0) is 26.0 Å². The molecule has 0 aliphatic carbocycles. The molecule has 22 heavy (non-hydrogen) atoms. The molecule has 0 spiro atoms. The SMILES string of the molecule is CC(C)Nc1c(C(N)=O)cnn2cc(-c3ccncc3)nc12. The molecule has 0 unspecified atom stereocenters. The van der Waals surface area contributed by atoms with Crippen LogP contribution in [0.25, 0.3) is 16.9 Å². The van der Waals surface area contributed by atoms with E-state index in [2.05, 4.69) is 20.4 Å². The van der Waals surface area contributed by atoms with Crippen molar-refractivity contribution in [3.63, 3.8) is 0 Å². The fraction of sp³-hybridized carbons (Fsp3) is 0.200. The second kappa shape index (κ2) is 5.44. The minimum Gasteiger partial charge on any atom is -0.379 e. The number of carbonyl (C=O) groups excluding carboxylic acids is 1. The number of anilines is 1.